The van der Waals surface area contributed by atoms with E-state index in [1.807, 2.05) is 0 Å². The van der Waals surface area contributed by atoms with Gasteiger partial charge in [-0.15, -0.1) is 0 Å². The monoisotopic (exact) mass is 433 g/mol. The molecule has 0 spiro atoms. The van der Waals surface area contributed by atoms with Crippen molar-refractivity contribution in [2.45, 2.75) is 6.18 Å². The van der Waals surface area contributed by atoms with Gasteiger partial charge in [0.1, 0.15) is 0 Å². The fourth-order valence-corrected chi connectivity index (χ4v) is 3.84. The summed E-state index contributed by atoms with van der Waals surface area (Å²) in [6.45, 7) is 0. The minimum atomic E-state index is -4.54. The highest BCUT2D eigenvalue weighted by atomic mass is 35.5. The molecule has 0 aromatic heterocycles. The number of alkyl halides is 3. The smallest absolute Gasteiger partial charge is 0.166 e. The summed E-state index contributed by atoms with van der Waals surface area (Å²) in [6, 6.07) is 14.0. The van der Waals surface area contributed by atoms with Crippen molar-refractivity contribution in [1.29, 1.82) is 0 Å². The first-order valence-electron chi connectivity index (χ1n) is 7.22. The molecule has 0 fully saturated rings. The van der Waals surface area contributed by atoms with Crippen LogP contribution in [0.25, 0.3) is 22.3 Å². The summed E-state index contributed by atoms with van der Waals surface area (Å²) in [4.78, 5) is 0. The van der Waals surface area contributed by atoms with Gasteiger partial charge in [0.25, 0.3) is 0 Å². The summed E-state index contributed by atoms with van der Waals surface area (Å²) >= 11 is 25.1. The van der Waals surface area contributed by atoms with Gasteiger partial charge in [0.05, 0.1) is 15.6 Å². The summed E-state index contributed by atoms with van der Waals surface area (Å²) < 4.78 is 40.1. The molecule has 1 radical (unpaired) electrons. The Morgan fingerprint density at radius 2 is 1.35 bits per heavy atom. The van der Waals surface area contributed by atoms with Gasteiger partial charge in [-0.2, -0.15) is 13.2 Å². The highest BCUT2D eigenvalue weighted by molar-refractivity contribution is 6.45. The second-order valence-corrected chi connectivity index (χ2v) is 6.92. The molecule has 0 aliphatic carbocycles. The number of halogens is 7. The number of hydrogen-bond donors (Lipinski definition) is 0. The van der Waals surface area contributed by atoms with Gasteiger partial charge in [0.15, 0.2) is 0 Å². The molecule has 3 aromatic carbocycles. The fraction of sp³-hybridized carbons (Fsp3) is 0.0526. The molecule has 0 heterocycles. The van der Waals surface area contributed by atoms with Crippen LogP contribution >= 0.6 is 46.4 Å². The summed E-state index contributed by atoms with van der Waals surface area (Å²) in [7, 11) is 0. The van der Waals surface area contributed by atoms with E-state index in [1.54, 1.807) is 18.2 Å². The van der Waals surface area contributed by atoms with E-state index in [1.165, 1.54) is 24.3 Å². The molecule has 3 aromatic rings. The maximum absolute atomic E-state index is 13.4. The van der Waals surface area contributed by atoms with Gasteiger partial charge < -0.3 is 0 Å². The molecule has 0 aliphatic heterocycles. The molecule has 133 valence electrons. The van der Waals surface area contributed by atoms with E-state index < -0.39 is 11.7 Å². The minimum absolute atomic E-state index is 0.0143. The number of rotatable bonds is 2. The van der Waals surface area contributed by atoms with Crippen molar-refractivity contribution in [3.63, 3.8) is 0 Å². The molecule has 7 heteroatoms. The molecular weight excluding hydrogens is 427 g/mol. The van der Waals surface area contributed by atoms with E-state index in [9.17, 15) is 13.2 Å². The zero-order valence-electron chi connectivity index (χ0n) is 12.8. The summed E-state index contributed by atoms with van der Waals surface area (Å²) in [5, 5.41) is 0.672. The first-order chi connectivity index (χ1) is 12.2. The van der Waals surface area contributed by atoms with Crippen LogP contribution in [0.1, 0.15) is 5.56 Å². The van der Waals surface area contributed by atoms with Crippen LogP contribution in [0.15, 0.2) is 48.5 Å². The van der Waals surface area contributed by atoms with Gasteiger partial charge >= 0.3 is 6.18 Å². The summed E-state index contributed by atoms with van der Waals surface area (Å²) in [5.41, 5.74) is -0.182. The third-order valence-corrected chi connectivity index (χ3v) is 5.07. The molecule has 0 nitrogen and oxygen atoms in total. The summed E-state index contributed by atoms with van der Waals surface area (Å²) in [5.74, 6) is 0. The molecule has 0 atom stereocenters. The van der Waals surface area contributed by atoms with E-state index in [-0.39, 0.29) is 36.8 Å². The zero-order chi connectivity index (χ0) is 19.1. The highest BCUT2D eigenvalue weighted by Gasteiger charge is 2.34. The van der Waals surface area contributed by atoms with Crippen molar-refractivity contribution in [3.05, 3.63) is 80.3 Å². The maximum Gasteiger partial charge on any atom is 0.417 e. The maximum atomic E-state index is 13.4. The van der Waals surface area contributed by atoms with Gasteiger partial charge in [-0.3, -0.25) is 0 Å². The van der Waals surface area contributed by atoms with Crippen LogP contribution < -0.4 is 0 Å². The topological polar surface area (TPSA) is 0 Å². The Balaban J connectivity index is 2.33. The molecule has 0 bridgehead atoms. The third-order valence-electron chi connectivity index (χ3n) is 3.75. The van der Waals surface area contributed by atoms with Crippen LogP contribution in [0, 0.1) is 6.07 Å². The average Bonchev–Trinajstić information content (AvgIpc) is 2.57. The highest BCUT2D eigenvalue weighted by Crippen LogP contribution is 2.47. The Morgan fingerprint density at radius 1 is 0.731 bits per heavy atom. The van der Waals surface area contributed by atoms with Crippen LogP contribution in [-0.4, -0.2) is 0 Å². The molecule has 0 unspecified atom stereocenters. The Morgan fingerprint density at radius 3 is 1.96 bits per heavy atom. The molecular formula is C19H8Cl4F3. The molecule has 0 N–H and O–H groups in total. The van der Waals surface area contributed by atoms with E-state index in [0.717, 1.165) is 6.07 Å². The van der Waals surface area contributed by atoms with Crippen molar-refractivity contribution < 1.29 is 13.2 Å². The largest absolute Gasteiger partial charge is 0.417 e. The lowest BCUT2D eigenvalue weighted by molar-refractivity contribution is -0.137. The lowest BCUT2D eigenvalue weighted by atomic mass is 9.95. The van der Waals surface area contributed by atoms with Gasteiger partial charge in [0.2, 0.25) is 0 Å². The Bertz CT molecular complexity index is 961. The minimum Gasteiger partial charge on any atom is -0.166 e. The third kappa shape index (κ3) is 3.54. The van der Waals surface area contributed by atoms with Crippen molar-refractivity contribution in [2.75, 3.05) is 0 Å². The summed E-state index contributed by atoms with van der Waals surface area (Å²) in [6.07, 6.45) is -4.54. The van der Waals surface area contributed by atoms with Crippen LogP contribution in [0.3, 0.4) is 0 Å². The van der Waals surface area contributed by atoms with Crippen LogP contribution in [0.2, 0.25) is 20.1 Å². The van der Waals surface area contributed by atoms with E-state index in [0.29, 0.717) is 5.56 Å². The number of hydrogen-bond acceptors (Lipinski definition) is 0. The van der Waals surface area contributed by atoms with E-state index in [2.05, 4.69) is 6.07 Å². The molecule has 0 saturated carbocycles. The van der Waals surface area contributed by atoms with E-state index >= 15 is 0 Å². The SMILES string of the molecule is FC(F)(F)c1ccccc1-c1c[c]c(Cl)c(-c2c(Cl)cccc2Cl)c1Cl. The van der Waals surface area contributed by atoms with Crippen molar-refractivity contribution in [1.82, 2.24) is 0 Å². The van der Waals surface area contributed by atoms with Crippen LogP contribution in [0.4, 0.5) is 13.2 Å². The van der Waals surface area contributed by atoms with Crippen LogP contribution in [-0.2, 0) is 6.18 Å². The second kappa shape index (κ2) is 7.32. The quantitative estimate of drug-likeness (QED) is 0.379. The van der Waals surface area contributed by atoms with Crippen LogP contribution in [0.5, 0.6) is 0 Å². The van der Waals surface area contributed by atoms with Gasteiger partial charge in [-0.25, -0.2) is 0 Å². The molecule has 26 heavy (non-hydrogen) atoms. The average molecular weight is 435 g/mol. The molecule has 0 amide bonds. The predicted molar refractivity (Wildman–Crippen MR) is 101 cm³/mol. The first kappa shape index (κ1) is 19.4. The fourth-order valence-electron chi connectivity index (χ4n) is 2.62. The molecule has 3 rings (SSSR count). The lowest BCUT2D eigenvalue weighted by Crippen LogP contribution is -2.07. The Kier molecular flexibility index (Phi) is 5.45. The Labute approximate surface area is 168 Å². The van der Waals surface area contributed by atoms with Gasteiger partial charge in [-0.1, -0.05) is 70.7 Å². The van der Waals surface area contributed by atoms with Gasteiger partial charge in [-0.05, 0) is 29.8 Å². The Hall–Kier alpha value is -1.39. The molecule has 0 saturated heterocycles. The second-order valence-electron chi connectivity index (χ2n) is 5.35. The van der Waals surface area contributed by atoms with Gasteiger partial charge in [0, 0.05) is 32.8 Å². The standard InChI is InChI=1S/C19H8Cl4F3/c20-13-6-3-7-14(21)16(13)17-15(22)9-8-11(18(17)23)10-4-1-2-5-12(10)19(24,25)26/h1-8H. The van der Waals surface area contributed by atoms with E-state index in [4.69, 9.17) is 46.4 Å². The first-order valence-corrected chi connectivity index (χ1v) is 8.73. The predicted octanol–water partition coefficient (Wildman–Crippen LogP) is 8.45. The number of benzene rings is 3. The van der Waals surface area contributed by atoms with Crippen molar-refractivity contribution in [2.24, 2.45) is 0 Å². The lowest BCUT2D eigenvalue weighted by Gasteiger charge is -2.17. The normalized spacial score (nSPS) is 11.7. The molecule has 0 aliphatic rings. The zero-order valence-corrected chi connectivity index (χ0v) is 15.8. The van der Waals surface area contributed by atoms with Crippen molar-refractivity contribution in [3.8, 4) is 22.3 Å². The van der Waals surface area contributed by atoms with Crippen molar-refractivity contribution >= 4 is 46.4 Å².